The summed E-state index contributed by atoms with van der Waals surface area (Å²) in [6.07, 6.45) is 9.78. The molecule has 0 saturated heterocycles. The molecule has 0 aliphatic heterocycles. The lowest BCUT2D eigenvalue weighted by Gasteiger charge is -1.91. The molecule has 1 heterocycles. The van der Waals surface area contributed by atoms with E-state index in [-0.39, 0.29) is 0 Å². The summed E-state index contributed by atoms with van der Waals surface area (Å²) in [5.41, 5.74) is 0. The predicted molar refractivity (Wildman–Crippen MR) is 76.9 cm³/mol. The van der Waals surface area contributed by atoms with Crippen molar-refractivity contribution in [1.82, 2.24) is 0 Å². The van der Waals surface area contributed by atoms with Crippen LogP contribution in [0.2, 0.25) is 0 Å². The van der Waals surface area contributed by atoms with Gasteiger partial charge in [-0.05, 0) is 30.0 Å². The molecule has 17 heavy (non-hydrogen) atoms. The van der Waals surface area contributed by atoms with Crippen LogP contribution in [0.4, 0.5) is 0 Å². The normalized spacial score (nSPS) is 9.47. The highest BCUT2D eigenvalue weighted by Crippen LogP contribution is 2.05. The lowest BCUT2D eigenvalue weighted by Crippen LogP contribution is -1.73. The average Bonchev–Trinajstić information content (AvgIpc) is 2.85. The summed E-state index contributed by atoms with van der Waals surface area (Å²) in [7, 11) is 0. The zero-order valence-corrected chi connectivity index (χ0v) is 11.1. The second-order valence-electron chi connectivity index (χ2n) is 3.71. The molecule has 0 aromatic carbocycles. The fraction of sp³-hybridized carbons (Fsp3) is 0.375. The van der Waals surface area contributed by atoms with Gasteiger partial charge in [0.2, 0.25) is 0 Å². The molecule has 0 spiro atoms. The molecule has 1 rings (SSSR count). The summed E-state index contributed by atoms with van der Waals surface area (Å²) in [6.45, 7) is 2.22. The third-order valence-electron chi connectivity index (χ3n) is 2.22. The van der Waals surface area contributed by atoms with Gasteiger partial charge in [0.25, 0.3) is 0 Å². The van der Waals surface area contributed by atoms with E-state index in [1.807, 2.05) is 29.7 Å². The molecule has 0 saturated carbocycles. The van der Waals surface area contributed by atoms with Gasteiger partial charge in [-0.25, -0.2) is 0 Å². The van der Waals surface area contributed by atoms with Crippen molar-refractivity contribution in [3.05, 3.63) is 34.5 Å². The Morgan fingerprint density at radius 2 is 2.06 bits per heavy atom. The molecule has 0 aliphatic rings. The Balaban J connectivity index is 2.15. The van der Waals surface area contributed by atoms with Gasteiger partial charge in [-0.2, -0.15) is 0 Å². The molecular formula is C16H18S. The first-order valence-corrected chi connectivity index (χ1v) is 7.00. The van der Waals surface area contributed by atoms with Crippen LogP contribution >= 0.6 is 11.3 Å². The molecule has 0 atom stereocenters. The third-order valence-corrected chi connectivity index (χ3v) is 3.01. The second-order valence-corrected chi connectivity index (χ2v) is 4.66. The average molecular weight is 242 g/mol. The maximum Gasteiger partial charge on any atom is 0.0771 e. The molecule has 0 aliphatic carbocycles. The van der Waals surface area contributed by atoms with Crippen molar-refractivity contribution < 1.29 is 0 Å². The van der Waals surface area contributed by atoms with Crippen molar-refractivity contribution in [3.63, 3.8) is 0 Å². The third kappa shape index (κ3) is 7.45. The van der Waals surface area contributed by atoms with Crippen molar-refractivity contribution in [2.45, 2.75) is 39.0 Å². The van der Waals surface area contributed by atoms with Crippen LogP contribution in [0, 0.1) is 23.7 Å². The van der Waals surface area contributed by atoms with Gasteiger partial charge in [0.1, 0.15) is 0 Å². The maximum absolute atomic E-state index is 3.14. The smallest absolute Gasteiger partial charge is 0.0771 e. The van der Waals surface area contributed by atoms with Gasteiger partial charge in [-0.3, -0.25) is 0 Å². The standard InChI is InChI=1S/C16H18S/c1-2-3-4-5-6-7-8-9-10-11-13-16-14-12-15-17-16/h9-10,12,14-15H,2-6H2,1H3. The number of rotatable bonds is 4. The Morgan fingerprint density at radius 1 is 1.18 bits per heavy atom. The molecule has 0 N–H and O–H groups in total. The van der Waals surface area contributed by atoms with E-state index in [1.165, 1.54) is 25.7 Å². The van der Waals surface area contributed by atoms with Crippen LogP contribution in [-0.2, 0) is 0 Å². The maximum atomic E-state index is 3.14. The minimum atomic E-state index is 1.00. The van der Waals surface area contributed by atoms with Crippen LogP contribution in [-0.4, -0.2) is 0 Å². The van der Waals surface area contributed by atoms with Crippen molar-refractivity contribution in [3.8, 4) is 23.7 Å². The van der Waals surface area contributed by atoms with E-state index in [2.05, 4.69) is 30.6 Å². The second kappa shape index (κ2) is 9.76. The molecule has 1 aromatic rings. The van der Waals surface area contributed by atoms with Crippen molar-refractivity contribution >= 4 is 11.3 Å². The summed E-state index contributed by atoms with van der Waals surface area (Å²) >= 11 is 1.66. The zero-order chi connectivity index (χ0) is 12.2. The molecule has 0 unspecified atom stereocenters. The number of hydrogen-bond donors (Lipinski definition) is 0. The Bertz CT molecular complexity index is 429. The first kappa shape index (κ1) is 13.6. The fourth-order valence-electron chi connectivity index (χ4n) is 1.32. The fourth-order valence-corrected chi connectivity index (χ4v) is 1.90. The van der Waals surface area contributed by atoms with E-state index >= 15 is 0 Å². The van der Waals surface area contributed by atoms with Crippen LogP contribution in [0.5, 0.6) is 0 Å². The van der Waals surface area contributed by atoms with Crippen LogP contribution in [0.15, 0.2) is 29.7 Å². The minimum absolute atomic E-state index is 1.00. The highest BCUT2D eigenvalue weighted by atomic mass is 32.1. The van der Waals surface area contributed by atoms with Crippen molar-refractivity contribution in [2.24, 2.45) is 0 Å². The SMILES string of the molecule is CCCCCCC#CC=CC#Cc1cccs1. The largest absolute Gasteiger partial charge is 0.135 e. The Labute approximate surface area is 109 Å². The lowest BCUT2D eigenvalue weighted by atomic mass is 10.2. The highest BCUT2D eigenvalue weighted by Gasteiger charge is 1.83. The molecule has 1 heteroatoms. The predicted octanol–water partition coefficient (Wildman–Crippen LogP) is 4.63. The molecule has 88 valence electrons. The van der Waals surface area contributed by atoms with Gasteiger partial charge in [-0.1, -0.05) is 55.9 Å². The van der Waals surface area contributed by atoms with E-state index in [4.69, 9.17) is 0 Å². The van der Waals surface area contributed by atoms with Gasteiger partial charge in [0, 0.05) is 6.42 Å². The molecule has 0 radical (unpaired) electrons. The number of unbranched alkanes of at least 4 members (excludes halogenated alkanes) is 4. The van der Waals surface area contributed by atoms with E-state index in [9.17, 15) is 0 Å². The van der Waals surface area contributed by atoms with Gasteiger partial charge >= 0.3 is 0 Å². The molecule has 0 bridgehead atoms. The molecule has 0 amide bonds. The summed E-state index contributed by atoms with van der Waals surface area (Å²) in [4.78, 5) is 1.10. The van der Waals surface area contributed by atoms with Gasteiger partial charge in [0.15, 0.2) is 0 Å². The summed E-state index contributed by atoms with van der Waals surface area (Å²) in [5, 5.41) is 2.03. The van der Waals surface area contributed by atoms with Crippen LogP contribution in [0.3, 0.4) is 0 Å². The topological polar surface area (TPSA) is 0 Å². The quantitative estimate of drug-likeness (QED) is 0.533. The van der Waals surface area contributed by atoms with E-state index in [1.54, 1.807) is 11.3 Å². The van der Waals surface area contributed by atoms with Crippen molar-refractivity contribution in [2.75, 3.05) is 0 Å². The first-order chi connectivity index (χ1) is 8.43. The summed E-state index contributed by atoms with van der Waals surface area (Å²) in [5.74, 6) is 12.2. The van der Waals surface area contributed by atoms with Crippen LogP contribution in [0.25, 0.3) is 0 Å². The van der Waals surface area contributed by atoms with Crippen molar-refractivity contribution in [1.29, 1.82) is 0 Å². The number of hydrogen-bond acceptors (Lipinski definition) is 1. The monoisotopic (exact) mass is 242 g/mol. The van der Waals surface area contributed by atoms with E-state index < -0.39 is 0 Å². The highest BCUT2D eigenvalue weighted by molar-refractivity contribution is 7.10. The van der Waals surface area contributed by atoms with Gasteiger partial charge in [-0.15, -0.1) is 11.3 Å². The van der Waals surface area contributed by atoms with Gasteiger partial charge in [0.05, 0.1) is 4.88 Å². The lowest BCUT2D eigenvalue weighted by molar-refractivity contribution is 0.679. The number of thiophene rings is 1. The summed E-state index contributed by atoms with van der Waals surface area (Å²) < 4.78 is 0. The molecular weight excluding hydrogens is 224 g/mol. The van der Waals surface area contributed by atoms with Gasteiger partial charge < -0.3 is 0 Å². The molecule has 0 fully saturated rings. The minimum Gasteiger partial charge on any atom is -0.135 e. The van der Waals surface area contributed by atoms with E-state index in [0.717, 1.165) is 11.3 Å². The Kier molecular flexibility index (Phi) is 7.82. The van der Waals surface area contributed by atoms with Crippen LogP contribution in [0.1, 0.15) is 43.9 Å². The summed E-state index contributed by atoms with van der Waals surface area (Å²) in [6, 6.07) is 4.03. The Morgan fingerprint density at radius 3 is 2.82 bits per heavy atom. The molecule has 1 aromatic heterocycles. The molecule has 0 nitrogen and oxygen atoms in total. The zero-order valence-electron chi connectivity index (χ0n) is 10.3. The Hall–Kier alpha value is -1.44. The van der Waals surface area contributed by atoms with E-state index in [0.29, 0.717) is 0 Å². The first-order valence-electron chi connectivity index (χ1n) is 6.12. The number of allylic oxidation sites excluding steroid dienone is 2. The van der Waals surface area contributed by atoms with Crippen LogP contribution < -0.4 is 0 Å².